The lowest BCUT2D eigenvalue weighted by Gasteiger charge is -2.36. The minimum Gasteiger partial charge on any atom is -0.394 e. The second-order valence-electron chi connectivity index (χ2n) is 8.27. The van der Waals surface area contributed by atoms with Crippen LogP contribution in [0.4, 0.5) is 24.7 Å². The Hall–Kier alpha value is -3.00. The summed E-state index contributed by atoms with van der Waals surface area (Å²) in [5.74, 6) is 0.586. The Balaban J connectivity index is 1.32. The third-order valence-electron chi connectivity index (χ3n) is 6.27. The van der Waals surface area contributed by atoms with E-state index >= 15 is 0 Å². The van der Waals surface area contributed by atoms with Crippen LogP contribution in [0.5, 0.6) is 0 Å². The molecule has 2 aromatic heterocycles. The number of benzene rings is 1. The second kappa shape index (κ2) is 8.65. The number of aliphatic hydroxyl groups excluding tert-OH is 3. The first-order valence-corrected chi connectivity index (χ1v) is 10.7. The van der Waals surface area contributed by atoms with E-state index < -0.39 is 42.9 Å². The van der Waals surface area contributed by atoms with Crippen LogP contribution in [0.25, 0.3) is 11.2 Å². The molecule has 0 amide bonds. The van der Waals surface area contributed by atoms with Crippen LogP contribution in [0.15, 0.2) is 36.9 Å². The molecule has 5 rings (SSSR count). The van der Waals surface area contributed by atoms with Gasteiger partial charge in [0.15, 0.2) is 23.2 Å². The SMILES string of the molecule is OC[C@H]1O[C@@H](n2cnc3c(N4CCN(c5ccc(C(F)(F)F)cc5)CC4)ncnc32)[C@H](O)[C@@H]1O. The van der Waals surface area contributed by atoms with Gasteiger partial charge < -0.3 is 29.9 Å². The van der Waals surface area contributed by atoms with Crippen molar-refractivity contribution in [3.8, 4) is 0 Å². The van der Waals surface area contributed by atoms with E-state index in [1.54, 1.807) is 0 Å². The van der Waals surface area contributed by atoms with Crippen molar-refractivity contribution in [1.82, 2.24) is 19.5 Å². The first kappa shape index (κ1) is 22.8. The number of imidazole rings is 1. The van der Waals surface area contributed by atoms with Gasteiger partial charge in [-0.1, -0.05) is 0 Å². The molecule has 10 nitrogen and oxygen atoms in total. The number of hydrogen-bond acceptors (Lipinski definition) is 9. The fraction of sp³-hybridized carbons (Fsp3) is 0.476. The highest BCUT2D eigenvalue weighted by atomic mass is 19.4. The van der Waals surface area contributed by atoms with Gasteiger partial charge >= 0.3 is 6.18 Å². The highest BCUT2D eigenvalue weighted by Gasteiger charge is 2.44. The van der Waals surface area contributed by atoms with Gasteiger partial charge in [-0.05, 0) is 24.3 Å². The number of aromatic nitrogens is 4. The monoisotopic (exact) mass is 480 g/mol. The summed E-state index contributed by atoms with van der Waals surface area (Å²) in [7, 11) is 0. The molecule has 0 spiro atoms. The minimum absolute atomic E-state index is 0.407. The number of aliphatic hydroxyl groups is 3. The van der Waals surface area contributed by atoms with E-state index in [4.69, 9.17) is 4.74 Å². The summed E-state index contributed by atoms with van der Waals surface area (Å²) in [6, 6.07) is 5.12. The van der Waals surface area contributed by atoms with Crippen LogP contribution >= 0.6 is 0 Å². The summed E-state index contributed by atoms with van der Waals surface area (Å²) < 4.78 is 45.6. The lowest BCUT2D eigenvalue weighted by Crippen LogP contribution is -2.47. The Labute approximate surface area is 191 Å². The number of hydrogen-bond donors (Lipinski definition) is 3. The Bertz CT molecular complexity index is 1150. The maximum Gasteiger partial charge on any atom is 0.416 e. The van der Waals surface area contributed by atoms with Crippen molar-refractivity contribution in [3.05, 3.63) is 42.5 Å². The summed E-state index contributed by atoms with van der Waals surface area (Å²) >= 11 is 0. The van der Waals surface area contributed by atoms with Crippen LogP contribution in [0.3, 0.4) is 0 Å². The topological polar surface area (TPSA) is 120 Å². The van der Waals surface area contributed by atoms with E-state index in [-0.39, 0.29) is 0 Å². The van der Waals surface area contributed by atoms with Gasteiger partial charge in [-0.25, -0.2) is 15.0 Å². The van der Waals surface area contributed by atoms with E-state index in [2.05, 4.69) is 15.0 Å². The smallest absolute Gasteiger partial charge is 0.394 e. The first-order valence-electron chi connectivity index (χ1n) is 10.7. The third-order valence-corrected chi connectivity index (χ3v) is 6.27. The van der Waals surface area contributed by atoms with E-state index in [1.165, 1.54) is 29.4 Å². The zero-order valence-electron chi connectivity index (χ0n) is 17.9. The molecule has 4 heterocycles. The van der Waals surface area contributed by atoms with Crippen molar-refractivity contribution in [1.29, 1.82) is 0 Å². The van der Waals surface area contributed by atoms with Gasteiger partial charge in [-0.2, -0.15) is 13.2 Å². The Kier molecular flexibility index (Phi) is 5.80. The summed E-state index contributed by atoms with van der Waals surface area (Å²) in [5, 5.41) is 29.8. The quantitative estimate of drug-likeness (QED) is 0.498. The molecule has 4 atom stereocenters. The third kappa shape index (κ3) is 3.94. The Morgan fingerprint density at radius 3 is 2.24 bits per heavy atom. The molecule has 182 valence electrons. The van der Waals surface area contributed by atoms with Gasteiger partial charge in [0, 0.05) is 31.9 Å². The molecule has 0 aliphatic carbocycles. The lowest BCUT2D eigenvalue weighted by molar-refractivity contribution is -0.137. The van der Waals surface area contributed by atoms with Crippen LogP contribution < -0.4 is 9.80 Å². The van der Waals surface area contributed by atoms with Crippen molar-refractivity contribution < 1.29 is 33.2 Å². The molecule has 3 aromatic rings. The van der Waals surface area contributed by atoms with Gasteiger partial charge in [0.2, 0.25) is 0 Å². The van der Waals surface area contributed by atoms with E-state index in [9.17, 15) is 28.5 Å². The number of anilines is 2. The van der Waals surface area contributed by atoms with Crippen molar-refractivity contribution in [2.45, 2.75) is 30.7 Å². The number of alkyl halides is 3. The normalized spacial score (nSPS) is 25.9. The summed E-state index contributed by atoms with van der Waals surface area (Å²) in [4.78, 5) is 17.1. The fourth-order valence-electron chi connectivity index (χ4n) is 4.40. The van der Waals surface area contributed by atoms with Gasteiger partial charge in [0.25, 0.3) is 0 Å². The predicted octanol–water partition coefficient (Wildman–Crippen LogP) is 0.783. The average molecular weight is 480 g/mol. The standard InChI is InChI=1S/C21H23F3N6O4/c22-21(23,24)12-1-3-13(4-2-12)28-5-7-29(8-6-28)18-15-19(26-10-25-18)30(11-27-15)20-17(33)16(32)14(9-31)34-20/h1-4,10-11,14,16-17,20,31-33H,5-9H2/t14-,16-,17-,20-/m1/s1. The van der Waals surface area contributed by atoms with Gasteiger partial charge in [0.1, 0.15) is 24.6 Å². The lowest BCUT2D eigenvalue weighted by atomic mass is 10.1. The van der Waals surface area contributed by atoms with Gasteiger partial charge in [0.05, 0.1) is 18.5 Å². The molecular formula is C21H23F3N6O4. The highest BCUT2D eigenvalue weighted by Crippen LogP contribution is 2.34. The molecule has 1 aromatic carbocycles. The Morgan fingerprint density at radius 2 is 1.62 bits per heavy atom. The summed E-state index contributed by atoms with van der Waals surface area (Å²) in [6.45, 7) is 1.84. The minimum atomic E-state index is -4.37. The number of ether oxygens (including phenoxy) is 1. The zero-order chi connectivity index (χ0) is 24.0. The molecule has 0 unspecified atom stereocenters. The molecular weight excluding hydrogens is 457 g/mol. The Morgan fingerprint density at radius 1 is 0.941 bits per heavy atom. The first-order chi connectivity index (χ1) is 16.3. The fourth-order valence-corrected chi connectivity index (χ4v) is 4.40. The highest BCUT2D eigenvalue weighted by molar-refractivity contribution is 5.83. The largest absolute Gasteiger partial charge is 0.416 e. The average Bonchev–Trinajstić information content (AvgIpc) is 3.39. The number of nitrogens with zero attached hydrogens (tertiary/aromatic N) is 6. The number of piperazine rings is 1. The van der Waals surface area contributed by atoms with Crippen LogP contribution in [-0.4, -0.2) is 85.9 Å². The molecule has 0 bridgehead atoms. The van der Waals surface area contributed by atoms with Crippen LogP contribution in [-0.2, 0) is 10.9 Å². The molecule has 13 heteroatoms. The number of rotatable bonds is 4. The molecule has 2 fully saturated rings. The second-order valence-corrected chi connectivity index (χ2v) is 8.27. The van der Waals surface area contributed by atoms with Crippen LogP contribution in [0.1, 0.15) is 11.8 Å². The van der Waals surface area contributed by atoms with Crippen molar-refractivity contribution in [2.75, 3.05) is 42.6 Å². The van der Waals surface area contributed by atoms with Crippen LogP contribution in [0.2, 0.25) is 0 Å². The van der Waals surface area contributed by atoms with E-state index in [0.29, 0.717) is 48.8 Å². The van der Waals surface area contributed by atoms with Crippen molar-refractivity contribution >= 4 is 22.7 Å². The molecule has 2 aliphatic heterocycles. The van der Waals surface area contributed by atoms with Crippen molar-refractivity contribution in [2.24, 2.45) is 0 Å². The number of fused-ring (bicyclic) bond motifs is 1. The molecule has 2 aliphatic rings. The molecule has 0 saturated carbocycles. The zero-order valence-corrected chi connectivity index (χ0v) is 17.9. The summed E-state index contributed by atoms with van der Waals surface area (Å²) in [6.07, 6.45) is -5.93. The molecule has 34 heavy (non-hydrogen) atoms. The predicted molar refractivity (Wildman–Crippen MR) is 114 cm³/mol. The molecule has 3 N–H and O–H groups in total. The van der Waals surface area contributed by atoms with E-state index in [1.807, 2.05) is 9.80 Å². The van der Waals surface area contributed by atoms with Crippen LogP contribution in [0, 0.1) is 0 Å². The van der Waals surface area contributed by atoms with Crippen molar-refractivity contribution in [3.63, 3.8) is 0 Å². The number of halogens is 3. The molecule has 2 saturated heterocycles. The summed E-state index contributed by atoms with van der Waals surface area (Å²) in [5.41, 5.74) is 0.936. The maximum absolute atomic E-state index is 12.8. The van der Waals surface area contributed by atoms with E-state index in [0.717, 1.165) is 12.1 Å². The van der Waals surface area contributed by atoms with Gasteiger partial charge in [-0.3, -0.25) is 4.57 Å². The maximum atomic E-state index is 12.8. The molecule has 0 radical (unpaired) electrons. The van der Waals surface area contributed by atoms with Gasteiger partial charge in [-0.15, -0.1) is 0 Å².